The molecule has 0 N–H and O–H groups in total. The smallest absolute Gasteiger partial charge is 0.232 e. The van der Waals surface area contributed by atoms with Crippen LogP contribution in [0.2, 0.25) is 5.02 Å². The minimum Gasteiger partial charge on any atom is -0.476 e. The van der Waals surface area contributed by atoms with E-state index in [1.54, 1.807) is 6.20 Å². The molecule has 1 saturated heterocycles. The van der Waals surface area contributed by atoms with Crippen molar-refractivity contribution in [3.8, 4) is 5.88 Å². The number of nitrogens with zero attached hydrogens (tertiary/aromatic N) is 3. The molecule has 3 heterocycles. The van der Waals surface area contributed by atoms with Crippen LogP contribution in [0.4, 0.5) is 0 Å². The zero-order valence-electron chi connectivity index (χ0n) is 13.7. The summed E-state index contributed by atoms with van der Waals surface area (Å²) in [5.74, 6) is 1.83. The third kappa shape index (κ3) is 4.08. The lowest BCUT2D eigenvalue weighted by molar-refractivity contribution is 0.122. The van der Waals surface area contributed by atoms with Crippen LogP contribution in [0, 0.1) is 5.92 Å². The summed E-state index contributed by atoms with van der Waals surface area (Å²) < 4.78 is 5.84. The lowest BCUT2D eigenvalue weighted by Crippen LogP contribution is -2.37. The Kier molecular flexibility index (Phi) is 5.01. The number of ether oxygens (including phenoxy) is 1. The molecule has 0 aromatic carbocycles. The Morgan fingerprint density at radius 3 is 3.08 bits per heavy atom. The molecule has 2 aliphatic rings. The highest BCUT2D eigenvalue weighted by atomic mass is 35.5. The SMILES string of the molecule is Clc1cccnc1OCC1CCCN(Cc2csc(C3CC3)n2)C1. The van der Waals surface area contributed by atoms with Crippen molar-refractivity contribution < 1.29 is 4.74 Å². The van der Waals surface area contributed by atoms with E-state index in [0.29, 0.717) is 23.4 Å². The lowest BCUT2D eigenvalue weighted by atomic mass is 9.99. The summed E-state index contributed by atoms with van der Waals surface area (Å²) in [4.78, 5) is 11.5. The van der Waals surface area contributed by atoms with Crippen LogP contribution in [0.15, 0.2) is 23.7 Å². The number of aromatic nitrogens is 2. The normalized spacial score (nSPS) is 21.8. The molecule has 1 unspecified atom stereocenters. The Balaban J connectivity index is 1.29. The molecule has 0 radical (unpaired) electrons. The second-order valence-corrected chi connectivity index (χ2v) is 8.09. The molecule has 6 heteroatoms. The van der Waals surface area contributed by atoms with E-state index >= 15 is 0 Å². The predicted octanol–water partition coefficient (Wildman–Crippen LogP) is 4.36. The van der Waals surface area contributed by atoms with E-state index in [-0.39, 0.29) is 0 Å². The number of halogens is 1. The zero-order chi connectivity index (χ0) is 16.4. The molecule has 0 amide bonds. The van der Waals surface area contributed by atoms with E-state index in [0.717, 1.165) is 25.6 Å². The van der Waals surface area contributed by atoms with E-state index in [2.05, 4.69) is 15.3 Å². The molecule has 2 fully saturated rings. The van der Waals surface area contributed by atoms with Crippen molar-refractivity contribution in [2.24, 2.45) is 5.92 Å². The van der Waals surface area contributed by atoms with Gasteiger partial charge in [-0.3, -0.25) is 4.90 Å². The van der Waals surface area contributed by atoms with E-state index in [1.807, 2.05) is 23.5 Å². The summed E-state index contributed by atoms with van der Waals surface area (Å²) in [5, 5.41) is 4.16. The minimum atomic E-state index is 0.526. The van der Waals surface area contributed by atoms with Crippen molar-refractivity contribution in [1.82, 2.24) is 14.9 Å². The molecule has 2 aromatic rings. The van der Waals surface area contributed by atoms with Crippen LogP contribution in [0.5, 0.6) is 5.88 Å². The molecule has 0 spiro atoms. The van der Waals surface area contributed by atoms with Gasteiger partial charge in [-0.15, -0.1) is 11.3 Å². The second-order valence-electron chi connectivity index (χ2n) is 6.80. The van der Waals surface area contributed by atoms with Gasteiger partial charge in [0, 0.05) is 36.5 Å². The highest BCUT2D eigenvalue weighted by molar-refractivity contribution is 7.09. The van der Waals surface area contributed by atoms with Crippen LogP contribution in [-0.2, 0) is 6.54 Å². The quantitative estimate of drug-likeness (QED) is 0.764. The predicted molar refractivity (Wildman–Crippen MR) is 96.8 cm³/mol. The standard InChI is InChI=1S/C18H22ClN3OS/c19-16-4-1-7-20-17(16)23-11-13-3-2-8-22(9-13)10-15-12-24-18(21-15)14-5-6-14/h1,4,7,12-14H,2-3,5-6,8-11H2. The minimum absolute atomic E-state index is 0.526. The van der Waals surface area contributed by atoms with Gasteiger partial charge in [-0.05, 0) is 44.4 Å². The van der Waals surface area contributed by atoms with Gasteiger partial charge in [-0.1, -0.05) is 11.6 Å². The second kappa shape index (κ2) is 7.38. The van der Waals surface area contributed by atoms with Gasteiger partial charge in [0.1, 0.15) is 5.02 Å². The van der Waals surface area contributed by atoms with Crippen LogP contribution in [0.25, 0.3) is 0 Å². The molecule has 4 nitrogen and oxygen atoms in total. The van der Waals surface area contributed by atoms with Crippen LogP contribution >= 0.6 is 22.9 Å². The largest absolute Gasteiger partial charge is 0.476 e. The number of likely N-dealkylation sites (tertiary alicyclic amines) is 1. The third-order valence-corrected chi connectivity index (χ3v) is 6.01. The van der Waals surface area contributed by atoms with Gasteiger partial charge in [0.05, 0.1) is 17.3 Å². The number of hydrogen-bond donors (Lipinski definition) is 0. The lowest BCUT2D eigenvalue weighted by Gasteiger charge is -2.32. The van der Waals surface area contributed by atoms with Crippen molar-refractivity contribution in [1.29, 1.82) is 0 Å². The topological polar surface area (TPSA) is 38.2 Å². The first-order valence-corrected chi connectivity index (χ1v) is 9.93. The number of pyridine rings is 1. The Morgan fingerprint density at radius 1 is 1.33 bits per heavy atom. The van der Waals surface area contributed by atoms with Gasteiger partial charge >= 0.3 is 0 Å². The van der Waals surface area contributed by atoms with Crippen LogP contribution < -0.4 is 4.74 Å². The number of piperidine rings is 1. The van der Waals surface area contributed by atoms with Gasteiger partial charge in [0.2, 0.25) is 5.88 Å². The van der Waals surface area contributed by atoms with E-state index in [9.17, 15) is 0 Å². The molecule has 0 bridgehead atoms. The average Bonchev–Trinajstić information content (AvgIpc) is 3.35. The van der Waals surface area contributed by atoms with Crippen molar-refractivity contribution >= 4 is 22.9 Å². The molecule has 24 heavy (non-hydrogen) atoms. The van der Waals surface area contributed by atoms with Crippen LogP contribution in [0.3, 0.4) is 0 Å². The molecular formula is C18H22ClN3OS. The number of thiazole rings is 1. The summed E-state index contributed by atoms with van der Waals surface area (Å²) in [7, 11) is 0. The Labute approximate surface area is 151 Å². The number of hydrogen-bond acceptors (Lipinski definition) is 5. The fourth-order valence-corrected chi connectivity index (χ4v) is 4.41. The average molecular weight is 364 g/mol. The maximum atomic E-state index is 6.11. The van der Waals surface area contributed by atoms with Crippen LogP contribution in [-0.4, -0.2) is 34.6 Å². The molecule has 1 aliphatic carbocycles. The summed E-state index contributed by atoms with van der Waals surface area (Å²) in [6.07, 6.45) is 6.78. The van der Waals surface area contributed by atoms with Crippen molar-refractivity contribution in [2.45, 2.75) is 38.1 Å². The molecule has 1 atom stereocenters. The summed E-state index contributed by atoms with van der Waals surface area (Å²) in [6.45, 7) is 3.85. The van der Waals surface area contributed by atoms with Gasteiger partial charge in [-0.2, -0.15) is 0 Å². The summed E-state index contributed by atoms with van der Waals surface area (Å²) in [5.41, 5.74) is 1.23. The summed E-state index contributed by atoms with van der Waals surface area (Å²) >= 11 is 7.94. The molecular weight excluding hydrogens is 342 g/mol. The fourth-order valence-electron chi connectivity index (χ4n) is 3.25. The molecule has 1 aliphatic heterocycles. The maximum Gasteiger partial charge on any atom is 0.232 e. The zero-order valence-corrected chi connectivity index (χ0v) is 15.2. The van der Waals surface area contributed by atoms with Gasteiger partial charge in [0.25, 0.3) is 0 Å². The highest BCUT2D eigenvalue weighted by Crippen LogP contribution is 2.41. The van der Waals surface area contributed by atoms with E-state index in [1.165, 1.54) is 36.4 Å². The van der Waals surface area contributed by atoms with Gasteiger partial charge in [0.15, 0.2) is 0 Å². The first-order chi connectivity index (χ1) is 11.8. The van der Waals surface area contributed by atoms with Crippen molar-refractivity contribution in [2.75, 3.05) is 19.7 Å². The third-order valence-electron chi connectivity index (χ3n) is 4.67. The van der Waals surface area contributed by atoms with E-state index in [4.69, 9.17) is 21.3 Å². The van der Waals surface area contributed by atoms with Crippen molar-refractivity contribution in [3.63, 3.8) is 0 Å². The monoisotopic (exact) mass is 363 g/mol. The number of rotatable bonds is 6. The first-order valence-electron chi connectivity index (χ1n) is 8.68. The first kappa shape index (κ1) is 16.3. The summed E-state index contributed by atoms with van der Waals surface area (Å²) in [6, 6.07) is 3.64. The Hall–Kier alpha value is -1.17. The molecule has 2 aromatic heterocycles. The fraction of sp³-hybridized carbons (Fsp3) is 0.556. The van der Waals surface area contributed by atoms with Gasteiger partial charge in [-0.25, -0.2) is 9.97 Å². The van der Waals surface area contributed by atoms with Crippen molar-refractivity contribution in [3.05, 3.63) is 39.4 Å². The highest BCUT2D eigenvalue weighted by Gasteiger charge is 2.27. The van der Waals surface area contributed by atoms with Crippen LogP contribution in [0.1, 0.15) is 42.3 Å². The van der Waals surface area contributed by atoms with Gasteiger partial charge < -0.3 is 4.74 Å². The maximum absolute atomic E-state index is 6.11. The Bertz CT molecular complexity index is 688. The van der Waals surface area contributed by atoms with E-state index < -0.39 is 0 Å². The molecule has 128 valence electrons. The molecule has 4 rings (SSSR count). The molecule has 1 saturated carbocycles. The Morgan fingerprint density at radius 2 is 2.25 bits per heavy atom.